The Hall–Kier alpha value is -3.41. The second-order valence-corrected chi connectivity index (χ2v) is 9.86. The van der Waals surface area contributed by atoms with Crippen molar-refractivity contribution in [3.05, 3.63) is 42.0 Å². The zero-order chi connectivity index (χ0) is 31.3. The molecule has 0 bridgehead atoms. The van der Waals surface area contributed by atoms with Crippen molar-refractivity contribution in [3.8, 4) is 28.7 Å². The number of carbonyl (C=O) groups excluding carboxylic acids is 1. The minimum absolute atomic E-state index is 0.122. The quantitative estimate of drug-likeness (QED) is 0.187. The predicted molar refractivity (Wildman–Crippen MR) is 143 cm³/mol. The average molecular weight is 613 g/mol. The van der Waals surface area contributed by atoms with Crippen LogP contribution in [0.2, 0.25) is 0 Å². The van der Waals surface area contributed by atoms with Crippen molar-refractivity contribution in [3.63, 3.8) is 0 Å². The van der Waals surface area contributed by atoms with Gasteiger partial charge in [-0.05, 0) is 30.3 Å². The highest BCUT2D eigenvalue weighted by molar-refractivity contribution is 5.90. The van der Waals surface area contributed by atoms with Crippen LogP contribution in [0.3, 0.4) is 0 Å². The first kappa shape index (κ1) is 32.5. The van der Waals surface area contributed by atoms with E-state index in [0.717, 1.165) is 0 Å². The monoisotopic (exact) mass is 612 g/mol. The van der Waals surface area contributed by atoms with Crippen LogP contribution in [0.1, 0.15) is 10.4 Å². The van der Waals surface area contributed by atoms with Gasteiger partial charge in [-0.2, -0.15) is 0 Å². The van der Waals surface area contributed by atoms with Gasteiger partial charge in [0.25, 0.3) is 0 Å². The third-order valence-electron chi connectivity index (χ3n) is 7.08. The highest BCUT2D eigenvalue weighted by Crippen LogP contribution is 2.34. The van der Waals surface area contributed by atoms with Gasteiger partial charge in [0.2, 0.25) is 6.29 Å². The molecular weight excluding hydrogens is 576 g/mol. The van der Waals surface area contributed by atoms with Crippen molar-refractivity contribution in [2.24, 2.45) is 0 Å². The second kappa shape index (κ2) is 13.9. The summed E-state index contributed by atoms with van der Waals surface area (Å²) < 4.78 is 48.2. The van der Waals surface area contributed by atoms with Gasteiger partial charge in [-0.1, -0.05) is 0 Å². The standard InChI is InChI=1S/C28H36O15/c1-35-16-7-5-14(9-18(16)37-3)25(33)40-12-28(34)13-41-27(24(28)32)39-11-20-21(29)22(30)23(31)26(43-20)42-15-6-8-17(36-2)19(10-15)38-4/h5-10,20-24,26-27,29-32,34H,11-13H2,1-4H3. The Morgan fingerprint density at radius 3 is 2.12 bits per heavy atom. The molecule has 5 N–H and O–H groups in total. The number of hydrogen-bond acceptors (Lipinski definition) is 15. The van der Waals surface area contributed by atoms with E-state index in [9.17, 15) is 30.3 Å². The Labute approximate surface area is 246 Å². The number of benzene rings is 2. The van der Waals surface area contributed by atoms with Gasteiger partial charge in [-0.15, -0.1) is 0 Å². The van der Waals surface area contributed by atoms with Crippen LogP contribution < -0.4 is 23.7 Å². The van der Waals surface area contributed by atoms with Crippen LogP contribution in [-0.4, -0.2) is 128 Å². The molecule has 2 saturated heterocycles. The van der Waals surface area contributed by atoms with Crippen LogP contribution in [0.5, 0.6) is 28.7 Å². The van der Waals surface area contributed by atoms with Crippen molar-refractivity contribution < 1.29 is 73.0 Å². The average Bonchev–Trinajstić information content (AvgIpc) is 3.31. The Bertz CT molecular complexity index is 1240. The fourth-order valence-electron chi connectivity index (χ4n) is 4.52. The first-order valence-corrected chi connectivity index (χ1v) is 13.2. The summed E-state index contributed by atoms with van der Waals surface area (Å²) in [5, 5.41) is 52.9. The summed E-state index contributed by atoms with van der Waals surface area (Å²) in [6.45, 7) is -1.52. The third-order valence-corrected chi connectivity index (χ3v) is 7.08. The number of aliphatic hydroxyl groups is 5. The molecule has 0 amide bonds. The first-order chi connectivity index (χ1) is 20.5. The highest BCUT2D eigenvalue weighted by atomic mass is 16.7. The second-order valence-electron chi connectivity index (χ2n) is 9.86. The number of aliphatic hydroxyl groups excluding tert-OH is 4. The van der Waals surface area contributed by atoms with Gasteiger partial charge in [0.15, 0.2) is 34.9 Å². The lowest BCUT2D eigenvalue weighted by atomic mass is 9.99. The molecule has 4 rings (SSSR count). The van der Waals surface area contributed by atoms with Crippen molar-refractivity contribution in [1.82, 2.24) is 0 Å². The number of carbonyl (C=O) groups is 1. The van der Waals surface area contributed by atoms with E-state index in [-0.39, 0.29) is 11.3 Å². The summed E-state index contributed by atoms with van der Waals surface area (Å²) in [4.78, 5) is 12.6. The summed E-state index contributed by atoms with van der Waals surface area (Å²) in [5.41, 5.74) is -1.89. The maximum absolute atomic E-state index is 12.6. The molecule has 0 aromatic heterocycles. The fraction of sp³-hybridized carbons (Fsp3) is 0.536. The van der Waals surface area contributed by atoms with Gasteiger partial charge >= 0.3 is 5.97 Å². The molecule has 15 heteroatoms. The number of ether oxygens (including phenoxy) is 9. The van der Waals surface area contributed by atoms with E-state index in [4.69, 9.17) is 42.6 Å². The first-order valence-electron chi connectivity index (χ1n) is 13.2. The highest BCUT2D eigenvalue weighted by Gasteiger charge is 2.51. The van der Waals surface area contributed by atoms with Crippen molar-refractivity contribution in [1.29, 1.82) is 0 Å². The van der Waals surface area contributed by atoms with E-state index in [2.05, 4.69) is 0 Å². The lowest BCUT2D eigenvalue weighted by molar-refractivity contribution is -0.289. The molecule has 0 saturated carbocycles. The number of esters is 1. The van der Waals surface area contributed by atoms with Gasteiger partial charge in [-0.25, -0.2) is 4.79 Å². The number of hydrogen-bond donors (Lipinski definition) is 5. The van der Waals surface area contributed by atoms with Crippen LogP contribution in [0.4, 0.5) is 0 Å². The molecule has 2 aromatic rings. The van der Waals surface area contributed by atoms with E-state index in [1.165, 1.54) is 58.8 Å². The van der Waals surface area contributed by atoms with E-state index >= 15 is 0 Å². The zero-order valence-corrected chi connectivity index (χ0v) is 23.9. The van der Waals surface area contributed by atoms with E-state index in [1.807, 2.05) is 0 Å². The molecule has 8 atom stereocenters. The SMILES string of the molecule is COc1ccc(OC2OC(COC3OCC(O)(COC(=O)c4ccc(OC)c(OC)c4)C3O)C(O)C(O)C2O)cc1OC. The van der Waals surface area contributed by atoms with Gasteiger partial charge < -0.3 is 68.2 Å². The minimum atomic E-state index is -2.02. The third kappa shape index (κ3) is 7.05. The Balaban J connectivity index is 1.33. The van der Waals surface area contributed by atoms with E-state index < -0.39 is 74.5 Å². The Morgan fingerprint density at radius 2 is 1.47 bits per heavy atom. The molecule has 8 unspecified atom stereocenters. The fourth-order valence-corrected chi connectivity index (χ4v) is 4.52. The lowest BCUT2D eigenvalue weighted by Crippen LogP contribution is -2.60. The molecule has 2 aliphatic heterocycles. The minimum Gasteiger partial charge on any atom is -0.493 e. The maximum Gasteiger partial charge on any atom is 0.338 e. The zero-order valence-electron chi connectivity index (χ0n) is 23.9. The van der Waals surface area contributed by atoms with Crippen molar-refractivity contribution in [2.75, 3.05) is 48.3 Å². The molecule has 15 nitrogen and oxygen atoms in total. The van der Waals surface area contributed by atoms with Crippen LogP contribution in [0.25, 0.3) is 0 Å². The van der Waals surface area contributed by atoms with Gasteiger partial charge in [0.05, 0.1) is 47.2 Å². The van der Waals surface area contributed by atoms with Gasteiger partial charge in [0, 0.05) is 6.07 Å². The largest absolute Gasteiger partial charge is 0.493 e. The molecule has 0 radical (unpaired) electrons. The molecular formula is C28H36O15. The Kier molecular flexibility index (Phi) is 10.5. The molecule has 43 heavy (non-hydrogen) atoms. The van der Waals surface area contributed by atoms with Crippen molar-refractivity contribution >= 4 is 5.97 Å². The molecule has 0 aliphatic carbocycles. The summed E-state index contributed by atoms with van der Waals surface area (Å²) in [6, 6.07) is 8.95. The summed E-state index contributed by atoms with van der Waals surface area (Å²) in [6.07, 6.45) is -10.6. The van der Waals surface area contributed by atoms with Crippen LogP contribution in [0, 0.1) is 0 Å². The van der Waals surface area contributed by atoms with Crippen LogP contribution >= 0.6 is 0 Å². The maximum atomic E-state index is 12.6. The summed E-state index contributed by atoms with van der Waals surface area (Å²) >= 11 is 0. The molecule has 0 spiro atoms. The van der Waals surface area contributed by atoms with Gasteiger partial charge in [0.1, 0.15) is 42.9 Å². The smallest absolute Gasteiger partial charge is 0.338 e. The van der Waals surface area contributed by atoms with E-state index in [1.54, 1.807) is 6.07 Å². The summed E-state index contributed by atoms with van der Waals surface area (Å²) in [7, 11) is 5.76. The molecule has 2 heterocycles. The topological polar surface area (TPSA) is 201 Å². The molecule has 2 aromatic carbocycles. The van der Waals surface area contributed by atoms with Gasteiger partial charge in [-0.3, -0.25) is 0 Å². The van der Waals surface area contributed by atoms with Crippen molar-refractivity contribution in [2.45, 2.75) is 48.7 Å². The van der Waals surface area contributed by atoms with Crippen LogP contribution in [-0.2, 0) is 18.9 Å². The predicted octanol–water partition coefficient (Wildman–Crippen LogP) is -0.771. The Morgan fingerprint density at radius 1 is 0.837 bits per heavy atom. The normalized spacial score (nSPS) is 30.4. The van der Waals surface area contributed by atoms with E-state index in [0.29, 0.717) is 23.0 Å². The lowest BCUT2D eigenvalue weighted by Gasteiger charge is -2.40. The van der Waals surface area contributed by atoms with Crippen LogP contribution in [0.15, 0.2) is 36.4 Å². The molecule has 2 fully saturated rings. The molecule has 238 valence electrons. The number of rotatable bonds is 12. The number of methoxy groups -OCH3 is 4. The summed E-state index contributed by atoms with van der Waals surface area (Å²) in [5.74, 6) is 0.914. The molecule has 2 aliphatic rings.